The summed E-state index contributed by atoms with van der Waals surface area (Å²) < 4.78 is 11.7. The molecular formula is C17H17BrN2O4S. The molecule has 8 heteroatoms. The molecule has 1 aromatic carbocycles. The number of hydrogen-bond donors (Lipinski definition) is 2. The summed E-state index contributed by atoms with van der Waals surface area (Å²) >= 11 is 4.81. The van der Waals surface area contributed by atoms with E-state index in [0.29, 0.717) is 54.7 Å². The number of carbonyl (C=O) groups excluding carboxylic acids is 2. The SMILES string of the molecule is O=C(CCCNC(=O)c1cccs1)Nc1cc2c(cc1Br)OCCO2. The average Bonchev–Trinajstić information content (AvgIpc) is 3.14. The Labute approximate surface area is 157 Å². The molecule has 0 atom stereocenters. The van der Waals surface area contributed by atoms with Gasteiger partial charge >= 0.3 is 0 Å². The maximum atomic E-state index is 12.1. The van der Waals surface area contributed by atoms with Crippen LogP contribution in [0.1, 0.15) is 22.5 Å². The van der Waals surface area contributed by atoms with Gasteiger partial charge in [-0.3, -0.25) is 9.59 Å². The van der Waals surface area contributed by atoms with Crippen LogP contribution in [-0.4, -0.2) is 31.6 Å². The average molecular weight is 425 g/mol. The van der Waals surface area contributed by atoms with Crippen LogP contribution < -0.4 is 20.1 Å². The van der Waals surface area contributed by atoms with Gasteiger partial charge in [-0.1, -0.05) is 6.07 Å². The molecule has 2 aromatic rings. The molecule has 0 aliphatic carbocycles. The first-order valence-electron chi connectivity index (χ1n) is 7.84. The summed E-state index contributed by atoms with van der Waals surface area (Å²) in [7, 11) is 0. The highest BCUT2D eigenvalue weighted by molar-refractivity contribution is 9.10. The van der Waals surface area contributed by atoms with Crippen molar-refractivity contribution in [3.63, 3.8) is 0 Å². The maximum absolute atomic E-state index is 12.1. The van der Waals surface area contributed by atoms with Crippen LogP contribution in [0.4, 0.5) is 5.69 Å². The van der Waals surface area contributed by atoms with Crippen LogP contribution in [0.5, 0.6) is 11.5 Å². The molecule has 0 unspecified atom stereocenters. The molecule has 1 aliphatic rings. The van der Waals surface area contributed by atoms with Gasteiger partial charge in [-0.25, -0.2) is 0 Å². The molecule has 0 spiro atoms. The Morgan fingerprint density at radius 1 is 1.20 bits per heavy atom. The van der Waals surface area contributed by atoms with Crippen LogP contribution in [0.2, 0.25) is 0 Å². The Hall–Kier alpha value is -2.06. The largest absolute Gasteiger partial charge is 0.486 e. The molecule has 25 heavy (non-hydrogen) atoms. The quantitative estimate of drug-likeness (QED) is 0.696. The number of fused-ring (bicyclic) bond motifs is 1. The molecule has 6 nitrogen and oxygen atoms in total. The number of nitrogens with one attached hydrogen (secondary N) is 2. The normalized spacial score (nSPS) is 12.5. The van der Waals surface area contributed by atoms with Crippen molar-refractivity contribution >= 4 is 44.8 Å². The Bertz CT molecular complexity index is 764. The van der Waals surface area contributed by atoms with Crippen molar-refractivity contribution < 1.29 is 19.1 Å². The van der Waals surface area contributed by atoms with E-state index in [9.17, 15) is 9.59 Å². The van der Waals surface area contributed by atoms with Crippen molar-refractivity contribution in [2.45, 2.75) is 12.8 Å². The molecule has 1 aliphatic heterocycles. The van der Waals surface area contributed by atoms with Crippen LogP contribution in [0.3, 0.4) is 0 Å². The van der Waals surface area contributed by atoms with Gasteiger partial charge in [0.05, 0.1) is 10.6 Å². The van der Waals surface area contributed by atoms with E-state index >= 15 is 0 Å². The summed E-state index contributed by atoms with van der Waals surface area (Å²) in [5, 5.41) is 7.50. The number of benzene rings is 1. The summed E-state index contributed by atoms with van der Waals surface area (Å²) in [4.78, 5) is 24.6. The van der Waals surface area contributed by atoms with E-state index < -0.39 is 0 Å². The number of carbonyl (C=O) groups is 2. The van der Waals surface area contributed by atoms with Crippen molar-refractivity contribution in [3.8, 4) is 11.5 Å². The number of thiophene rings is 1. The fraction of sp³-hybridized carbons (Fsp3) is 0.294. The number of ether oxygens (including phenoxy) is 2. The maximum Gasteiger partial charge on any atom is 0.261 e. The fourth-order valence-electron chi connectivity index (χ4n) is 2.32. The van der Waals surface area contributed by atoms with Gasteiger partial charge in [-0.05, 0) is 33.8 Å². The summed E-state index contributed by atoms with van der Waals surface area (Å²) in [6.07, 6.45) is 0.872. The summed E-state index contributed by atoms with van der Waals surface area (Å²) in [6.45, 7) is 1.46. The standard InChI is InChI=1S/C17H17BrN2O4S/c18-11-9-13-14(24-7-6-23-13)10-12(11)20-16(21)4-1-5-19-17(22)15-3-2-8-25-15/h2-3,8-10H,1,4-7H2,(H,19,22)(H,20,21). The molecule has 0 bridgehead atoms. The Kier molecular flexibility index (Phi) is 5.93. The lowest BCUT2D eigenvalue weighted by atomic mass is 10.2. The smallest absolute Gasteiger partial charge is 0.261 e. The predicted molar refractivity (Wildman–Crippen MR) is 99.6 cm³/mol. The van der Waals surface area contributed by atoms with E-state index in [0.717, 1.165) is 4.47 Å². The van der Waals surface area contributed by atoms with Crippen molar-refractivity contribution in [1.29, 1.82) is 0 Å². The summed E-state index contributed by atoms with van der Waals surface area (Å²) in [6, 6.07) is 7.13. The summed E-state index contributed by atoms with van der Waals surface area (Å²) in [5.41, 5.74) is 0.636. The number of anilines is 1. The highest BCUT2D eigenvalue weighted by Gasteiger charge is 2.16. The molecule has 2 heterocycles. The van der Waals surface area contributed by atoms with E-state index in [-0.39, 0.29) is 11.8 Å². The van der Waals surface area contributed by atoms with Gasteiger partial charge in [0.2, 0.25) is 5.91 Å². The first-order valence-corrected chi connectivity index (χ1v) is 9.51. The molecule has 1 aromatic heterocycles. The second kappa shape index (κ2) is 8.35. The van der Waals surface area contributed by atoms with Crippen molar-refractivity contribution in [3.05, 3.63) is 39.0 Å². The molecule has 3 rings (SSSR count). The molecular weight excluding hydrogens is 408 g/mol. The second-order valence-electron chi connectivity index (χ2n) is 5.36. The minimum absolute atomic E-state index is 0.106. The third-order valence-electron chi connectivity index (χ3n) is 3.52. The van der Waals surface area contributed by atoms with Gasteiger partial charge in [-0.2, -0.15) is 0 Å². The van der Waals surface area contributed by atoms with Crippen LogP contribution >= 0.6 is 27.3 Å². The molecule has 0 radical (unpaired) electrons. The first-order chi connectivity index (χ1) is 12.1. The van der Waals surface area contributed by atoms with Crippen LogP contribution in [0, 0.1) is 0 Å². The van der Waals surface area contributed by atoms with Crippen LogP contribution in [0.15, 0.2) is 34.1 Å². The monoisotopic (exact) mass is 424 g/mol. The fourth-order valence-corrected chi connectivity index (χ4v) is 3.38. The Morgan fingerprint density at radius 2 is 1.96 bits per heavy atom. The zero-order chi connectivity index (χ0) is 17.6. The lowest BCUT2D eigenvalue weighted by Gasteiger charge is -2.20. The van der Waals surface area contributed by atoms with E-state index in [1.165, 1.54) is 11.3 Å². The molecule has 2 N–H and O–H groups in total. The summed E-state index contributed by atoms with van der Waals surface area (Å²) in [5.74, 6) is 1.05. The Balaban J connectivity index is 1.45. The number of hydrogen-bond acceptors (Lipinski definition) is 5. The Morgan fingerprint density at radius 3 is 2.68 bits per heavy atom. The minimum Gasteiger partial charge on any atom is -0.486 e. The van der Waals surface area contributed by atoms with E-state index in [2.05, 4.69) is 26.6 Å². The lowest BCUT2D eigenvalue weighted by molar-refractivity contribution is -0.116. The van der Waals surface area contributed by atoms with Gasteiger partial charge < -0.3 is 20.1 Å². The number of halogens is 1. The molecule has 0 fully saturated rings. The van der Waals surface area contributed by atoms with Gasteiger partial charge in [0.15, 0.2) is 11.5 Å². The molecule has 2 amide bonds. The van der Waals surface area contributed by atoms with Gasteiger partial charge in [0, 0.05) is 29.6 Å². The first kappa shape index (κ1) is 17.8. The van der Waals surface area contributed by atoms with Crippen LogP contribution in [-0.2, 0) is 4.79 Å². The van der Waals surface area contributed by atoms with Crippen LogP contribution in [0.25, 0.3) is 0 Å². The van der Waals surface area contributed by atoms with E-state index in [4.69, 9.17) is 9.47 Å². The third kappa shape index (κ3) is 4.73. The second-order valence-corrected chi connectivity index (χ2v) is 7.16. The highest BCUT2D eigenvalue weighted by Crippen LogP contribution is 2.38. The van der Waals surface area contributed by atoms with Crippen molar-refractivity contribution in [1.82, 2.24) is 5.32 Å². The van der Waals surface area contributed by atoms with Crippen molar-refractivity contribution in [2.24, 2.45) is 0 Å². The van der Waals surface area contributed by atoms with Crippen molar-refractivity contribution in [2.75, 3.05) is 25.1 Å². The lowest BCUT2D eigenvalue weighted by Crippen LogP contribution is -2.24. The van der Waals surface area contributed by atoms with E-state index in [1.807, 2.05) is 11.4 Å². The molecule has 0 saturated carbocycles. The van der Waals surface area contributed by atoms with Gasteiger partial charge in [0.1, 0.15) is 13.2 Å². The van der Waals surface area contributed by atoms with E-state index in [1.54, 1.807) is 18.2 Å². The van der Waals surface area contributed by atoms with Gasteiger partial charge in [0.25, 0.3) is 5.91 Å². The zero-order valence-corrected chi connectivity index (χ0v) is 15.7. The van der Waals surface area contributed by atoms with Gasteiger partial charge in [-0.15, -0.1) is 11.3 Å². The topological polar surface area (TPSA) is 76.7 Å². The third-order valence-corrected chi connectivity index (χ3v) is 5.04. The number of rotatable bonds is 6. The zero-order valence-electron chi connectivity index (χ0n) is 13.3. The highest BCUT2D eigenvalue weighted by atomic mass is 79.9. The minimum atomic E-state index is -0.122. The number of amides is 2. The predicted octanol–water partition coefficient (Wildman–Crippen LogP) is 3.43. The molecule has 132 valence electrons. The molecule has 0 saturated heterocycles.